The van der Waals surface area contributed by atoms with Gasteiger partial charge in [0, 0.05) is 42.9 Å². The van der Waals surface area contributed by atoms with Crippen molar-refractivity contribution in [1.29, 1.82) is 0 Å². The molecule has 0 N–H and O–H groups in total. The van der Waals surface area contributed by atoms with Crippen molar-refractivity contribution < 1.29 is 14.3 Å². The Balaban J connectivity index is 1.38. The van der Waals surface area contributed by atoms with E-state index in [4.69, 9.17) is 9.47 Å². The number of hydrogen-bond acceptors (Lipinski definition) is 5. The highest BCUT2D eigenvalue weighted by atomic mass is 16.5. The van der Waals surface area contributed by atoms with Gasteiger partial charge in [0.15, 0.2) is 5.60 Å². The number of methoxy groups -OCH3 is 1. The number of pyridine rings is 1. The van der Waals surface area contributed by atoms with E-state index in [9.17, 15) is 4.79 Å². The standard InChI is InChI=1S/C21H19N3O3/c1-26-17-3-4-18-16(10-17)11-21(27-18)7-9-24(20(21)25)19-5-2-14(13-23-19)15-6-8-22-12-15/h2-6,10,12-13H,7-9,11H2,1H3. The first kappa shape index (κ1) is 16.1. The van der Waals surface area contributed by atoms with Gasteiger partial charge in [-0.25, -0.2) is 4.98 Å². The van der Waals surface area contributed by atoms with Crippen LogP contribution in [0.1, 0.15) is 17.5 Å². The van der Waals surface area contributed by atoms with Gasteiger partial charge >= 0.3 is 0 Å². The zero-order valence-electron chi connectivity index (χ0n) is 15.0. The van der Waals surface area contributed by atoms with Gasteiger partial charge in [0.05, 0.1) is 13.7 Å². The van der Waals surface area contributed by atoms with E-state index in [2.05, 4.69) is 16.1 Å². The summed E-state index contributed by atoms with van der Waals surface area (Å²) in [7, 11) is 1.64. The molecule has 1 aromatic heterocycles. The van der Waals surface area contributed by atoms with Crippen molar-refractivity contribution in [3.05, 3.63) is 53.7 Å². The van der Waals surface area contributed by atoms with E-state index in [0.717, 1.165) is 28.2 Å². The Morgan fingerprint density at radius 1 is 1.26 bits per heavy atom. The van der Waals surface area contributed by atoms with Crippen LogP contribution in [-0.2, 0) is 11.2 Å². The predicted molar refractivity (Wildman–Crippen MR) is 103 cm³/mol. The fourth-order valence-electron chi connectivity index (χ4n) is 3.96. The summed E-state index contributed by atoms with van der Waals surface area (Å²) >= 11 is 0. The average molecular weight is 361 g/mol. The molecule has 1 unspecified atom stereocenters. The first-order chi connectivity index (χ1) is 13.2. The number of nitrogens with zero attached hydrogens (tertiary/aromatic N) is 3. The zero-order chi connectivity index (χ0) is 18.4. The van der Waals surface area contributed by atoms with E-state index in [1.807, 2.05) is 36.5 Å². The molecule has 5 rings (SSSR count). The van der Waals surface area contributed by atoms with Gasteiger partial charge in [0.2, 0.25) is 0 Å². The largest absolute Gasteiger partial charge is 0.497 e. The zero-order valence-corrected chi connectivity index (χ0v) is 15.0. The number of aliphatic imine (C=N–C) groups is 1. The maximum absolute atomic E-state index is 13.2. The first-order valence-electron chi connectivity index (χ1n) is 9.03. The maximum atomic E-state index is 13.2. The van der Waals surface area contributed by atoms with E-state index in [1.54, 1.807) is 18.2 Å². The summed E-state index contributed by atoms with van der Waals surface area (Å²) in [6, 6.07) is 9.56. The summed E-state index contributed by atoms with van der Waals surface area (Å²) in [5, 5.41) is 0. The number of carbonyl (C=O) groups is 1. The molecule has 3 aliphatic heterocycles. The Kier molecular flexibility index (Phi) is 3.53. The molecule has 1 amide bonds. The maximum Gasteiger partial charge on any atom is 0.272 e. The molecule has 136 valence electrons. The number of allylic oxidation sites excluding steroid dienone is 1. The lowest BCUT2D eigenvalue weighted by atomic mass is 9.95. The quantitative estimate of drug-likeness (QED) is 0.843. The number of anilines is 1. The highest BCUT2D eigenvalue weighted by Gasteiger charge is 2.53. The second-order valence-corrected chi connectivity index (χ2v) is 7.01. The summed E-state index contributed by atoms with van der Waals surface area (Å²) in [6.07, 6.45) is 6.92. The minimum atomic E-state index is -0.824. The van der Waals surface area contributed by atoms with Gasteiger partial charge < -0.3 is 9.47 Å². The fraction of sp³-hybridized carbons (Fsp3) is 0.286. The van der Waals surface area contributed by atoms with Crippen molar-refractivity contribution in [2.45, 2.75) is 18.4 Å². The number of carbonyl (C=O) groups excluding carboxylic acids is 1. The van der Waals surface area contributed by atoms with Crippen LogP contribution in [0, 0.1) is 0 Å². The van der Waals surface area contributed by atoms with Crippen molar-refractivity contribution in [3.8, 4) is 11.5 Å². The summed E-state index contributed by atoms with van der Waals surface area (Å²) in [6.45, 7) is 1.31. The smallest absolute Gasteiger partial charge is 0.272 e. The van der Waals surface area contributed by atoms with Crippen LogP contribution in [0.5, 0.6) is 11.5 Å². The molecular formula is C21H19N3O3. The second-order valence-electron chi connectivity index (χ2n) is 7.01. The van der Waals surface area contributed by atoms with Crippen LogP contribution in [0.15, 0.2) is 47.6 Å². The molecule has 1 saturated heterocycles. The van der Waals surface area contributed by atoms with Gasteiger partial charge in [-0.2, -0.15) is 0 Å². The third-order valence-corrected chi connectivity index (χ3v) is 5.43. The predicted octanol–water partition coefficient (Wildman–Crippen LogP) is 2.67. The molecule has 2 aromatic rings. The third-order valence-electron chi connectivity index (χ3n) is 5.43. The molecule has 1 spiro atoms. The van der Waals surface area contributed by atoms with Crippen LogP contribution >= 0.6 is 0 Å². The molecule has 6 nitrogen and oxygen atoms in total. The fourth-order valence-corrected chi connectivity index (χ4v) is 3.96. The number of ether oxygens (including phenoxy) is 2. The Morgan fingerprint density at radius 2 is 2.19 bits per heavy atom. The normalized spacial score (nSPS) is 22.9. The summed E-state index contributed by atoms with van der Waals surface area (Å²) < 4.78 is 11.4. The van der Waals surface area contributed by atoms with E-state index in [0.29, 0.717) is 31.7 Å². The summed E-state index contributed by atoms with van der Waals surface area (Å²) in [4.78, 5) is 23.6. The van der Waals surface area contributed by atoms with E-state index < -0.39 is 5.60 Å². The summed E-state index contributed by atoms with van der Waals surface area (Å²) in [5.74, 6) is 2.17. The molecule has 0 bridgehead atoms. The number of benzene rings is 1. The lowest BCUT2D eigenvalue weighted by Crippen LogP contribution is -2.44. The molecule has 1 atom stereocenters. The van der Waals surface area contributed by atoms with E-state index in [-0.39, 0.29) is 5.91 Å². The number of fused-ring (bicyclic) bond motifs is 1. The first-order valence-corrected chi connectivity index (χ1v) is 9.03. The van der Waals surface area contributed by atoms with Crippen LogP contribution in [0.3, 0.4) is 0 Å². The van der Waals surface area contributed by atoms with Gasteiger partial charge in [0.25, 0.3) is 5.91 Å². The highest BCUT2D eigenvalue weighted by Crippen LogP contribution is 2.43. The Bertz CT molecular complexity index is 981. The highest BCUT2D eigenvalue weighted by molar-refractivity contribution is 6.11. The Morgan fingerprint density at radius 3 is 2.93 bits per heavy atom. The van der Waals surface area contributed by atoms with Crippen molar-refractivity contribution in [2.75, 3.05) is 25.1 Å². The van der Waals surface area contributed by atoms with Gasteiger partial charge in [-0.05, 0) is 35.9 Å². The van der Waals surface area contributed by atoms with Crippen LogP contribution in [0.4, 0.5) is 5.82 Å². The number of hydrogen-bond donors (Lipinski definition) is 0. The lowest BCUT2D eigenvalue weighted by Gasteiger charge is -2.22. The number of rotatable bonds is 3. The number of amides is 1. The van der Waals surface area contributed by atoms with Crippen LogP contribution in [-0.4, -0.2) is 42.9 Å². The van der Waals surface area contributed by atoms with Crippen LogP contribution in [0.25, 0.3) is 5.57 Å². The SMILES string of the molecule is COc1ccc2c(c1)CC1(CCN(c3ccc(C4=CCN=C4)cn3)C1=O)O2. The van der Waals surface area contributed by atoms with E-state index in [1.165, 1.54) is 0 Å². The van der Waals surface area contributed by atoms with Crippen LogP contribution < -0.4 is 14.4 Å². The lowest BCUT2D eigenvalue weighted by molar-refractivity contribution is -0.129. The molecule has 0 aliphatic carbocycles. The van der Waals surface area contributed by atoms with Gasteiger partial charge in [-0.3, -0.25) is 14.7 Å². The molecule has 27 heavy (non-hydrogen) atoms. The minimum absolute atomic E-state index is 0.0282. The van der Waals surface area contributed by atoms with E-state index >= 15 is 0 Å². The molecule has 0 saturated carbocycles. The summed E-state index contributed by atoms with van der Waals surface area (Å²) in [5.41, 5.74) is 2.27. The molecular weight excluding hydrogens is 342 g/mol. The van der Waals surface area contributed by atoms with Gasteiger partial charge in [0.1, 0.15) is 17.3 Å². The minimum Gasteiger partial charge on any atom is -0.497 e. The second kappa shape index (κ2) is 5.94. The Labute approximate surface area is 157 Å². The van der Waals surface area contributed by atoms with Crippen molar-refractivity contribution in [3.63, 3.8) is 0 Å². The molecule has 3 aliphatic rings. The van der Waals surface area contributed by atoms with Crippen molar-refractivity contribution in [2.24, 2.45) is 4.99 Å². The van der Waals surface area contributed by atoms with Crippen molar-refractivity contribution in [1.82, 2.24) is 4.98 Å². The molecule has 1 aromatic carbocycles. The van der Waals surface area contributed by atoms with Gasteiger partial charge in [-0.15, -0.1) is 0 Å². The molecule has 1 fully saturated rings. The Hall–Kier alpha value is -3.15. The molecule has 4 heterocycles. The van der Waals surface area contributed by atoms with Gasteiger partial charge in [-0.1, -0.05) is 6.08 Å². The average Bonchev–Trinajstić information content (AvgIpc) is 3.42. The monoisotopic (exact) mass is 361 g/mol. The van der Waals surface area contributed by atoms with Crippen molar-refractivity contribution >= 4 is 23.5 Å². The third kappa shape index (κ3) is 2.51. The number of aromatic nitrogens is 1. The topological polar surface area (TPSA) is 64.0 Å². The molecule has 0 radical (unpaired) electrons. The van der Waals surface area contributed by atoms with Crippen LogP contribution in [0.2, 0.25) is 0 Å². The molecule has 6 heteroatoms.